The Morgan fingerprint density at radius 1 is 1.38 bits per heavy atom. The maximum absolute atomic E-state index is 11.7. The first-order valence-electron chi connectivity index (χ1n) is 5.96. The van der Waals surface area contributed by atoms with Crippen molar-refractivity contribution in [3.63, 3.8) is 0 Å². The van der Waals surface area contributed by atoms with E-state index in [9.17, 15) is 4.79 Å². The van der Waals surface area contributed by atoms with E-state index in [0.29, 0.717) is 19.1 Å². The summed E-state index contributed by atoms with van der Waals surface area (Å²) in [6.07, 6.45) is 2.23. The summed E-state index contributed by atoms with van der Waals surface area (Å²) in [4.78, 5) is 13.6. The molecular weight excluding hydrogens is 208 g/mol. The summed E-state index contributed by atoms with van der Waals surface area (Å²) in [6.45, 7) is 3.62. The number of rotatable bonds is 3. The quantitative estimate of drug-likeness (QED) is 0.714. The van der Waals surface area contributed by atoms with Crippen molar-refractivity contribution in [2.45, 2.75) is 18.9 Å². The molecule has 2 aliphatic rings. The van der Waals surface area contributed by atoms with Crippen LogP contribution in [0.3, 0.4) is 0 Å². The molecule has 16 heavy (non-hydrogen) atoms. The highest BCUT2D eigenvalue weighted by molar-refractivity contribution is 5.78. The third-order valence-electron chi connectivity index (χ3n) is 3.28. The second-order valence-electron chi connectivity index (χ2n) is 4.53. The van der Waals surface area contributed by atoms with E-state index in [4.69, 9.17) is 15.2 Å². The lowest BCUT2D eigenvalue weighted by atomic mass is 10.0. The molecule has 2 aliphatic heterocycles. The first kappa shape index (κ1) is 11.8. The lowest BCUT2D eigenvalue weighted by molar-refractivity contribution is -0.149. The Morgan fingerprint density at radius 2 is 2.25 bits per heavy atom. The van der Waals surface area contributed by atoms with Gasteiger partial charge in [0.2, 0.25) is 5.91 Å². The number of hydrogen-bond acceptors (Lipinski definition) is 4. The maximum atomic E-state index is 11.7. The normalized spacial score (nSPS) is 31.8. The van der Waals surface area contributed by atoms with Crippen LogP contribution in [0.5, 0.6) is 0 Å². The predicted octanol–water partition coefficient (Wildman–Crippen LogP) is -0.401. The largest absolute Gasteiger partial charge is 0.381 e. The Labute approximate surface area is 95.9 Å². The fraction of sp³-hybridized carbons (Fsp3) is 0.909. The van der Waals surface area contributed by atoms with Gasteiger partial charge in [-0.2, -0.15) is 0 Å². The van der Waals surface area contributed by atoms with Gasteiger partial charge in [-0.05, 0) is 18.8 Å². The van der Waals surface area contributed by atoms with Gasteiger partial charge in [0.1, 0.15) is 6.61 Å². The van der Waals surface area contributed by atoms with Gasteiger partial charge in [0.15, 0.2) is 0 Å². The highest BCUT2D eigenvalue weighted by atomic mass is 16.5. The molecule has 0 radical (unpaired) electrons. The second kappa shape index (κ2) is 5.61. The number of amides is 1. The van der Waals surface area contributed by atoms with Crippen molar-refractivity contribution < 1.29 is 14.3 Å². The number of hydrogen-bond donors (Lipinski definition) is 1. The van der Waals surface area contributed by atoms with Crippen LogP contribution in [0.2, 0.25) is 0 Å². The van der Waals surface area contributed by atoms with Crippen molar-refractivity contribution in [3.05, 3.63) is 0 Å². The lowest BCUT2D eigenvalue weighted by Crippen LogP contribution is -2.54. The number of ether oxygens (including phenoxy) is 2. The highest BCUT2D eigenvalue weighted by Crippen LogP contribution is 2.18. The van der Waals surface area contributed by atoms with Crippen LogP contribution in [0.4, 0.5) is 0 Å². The first-order valence-corrected chi connectivity index (χ1v) is 5.96. The van der Waals surface area contributed by atoms with Gasteiger partial charge in [0.25, 0.3) is 0 Å². The van der Waals surface area contributed by atoms with E-state index in [1.54, 1.807) is 0 Å². The molecule has 0 aliphatic carbocycles. The van der Waals surface area contributed by atoms with Crippen molar-refractivity contribution in [3.8, 4) is 0 Å². The van der Waals surface area contributed by atoms with Gasteiger partial charge in [-0.25, -0.2) is 0 Å². The number of morpholine rings is 1. The van der Waals surface area contributed by atoms with E-state index >= 15 is 0 Å². The van der Waals surface area contributed by atoms with Crippen LogP contribution in [0, 0.1) is 5.92 Å². The molecule has 5 nitrogen and oxygen atoms in total. The molecule has 0 aromatic carbocycles. The van der Waals surface area contributed by atoms with Crippen LogP contribution in [-0.2, 0) is 14.3 Å². The van der Waals surface area contributed by atoms with Crippen molar-refractivity contribution in [1.29, 1.82) is 0 Å². The number of carbonyl (C=O) groups excluding carboxylic acids is 1. The average Bonchev–Trinajstić information content (AvgIpc) is 2.33. The van der Waals surface area contributed by atoms with Crippen molar-refractivity contribution >= 4 is 5.91 Å². The smallest absolute Gasteiger partial charge is 0.248 e. The van der Waals surface area contributed by atoms with Crippen LogP contribution in [0.1, 0.15) is 12.8 Å². The molecule has 2 atom stereocenters. The van der Waals surface area contributed by atoms with E-state index in [1.165, 1.54) is 0 Å². The molecule has 0 aromatic heterocycles. The monoisotopic (exact) mass is 228 g/mol. The van der Waals surface area contributed by atoms with E-state index in [2.05, 4.69) is 0 Å². The lowest BCUT2D eigenvalue weighted by Gasteiger charge is -2.37. The molecule has 2 N–H and O–H groups in total. The number of nitrogens with two attached hydrogens (primary N) is 1. The Hall–Kier alpha value is -0.650. The van der Waals surface area contributed by atoms with Crippen LogP contribution >= 0.6 is 0 Å². The zero-order valence-corrected chi connectivity index (χ0v) is 9.56. The fourth-order valence-corrected chi connectivity index (χ4v) is 2.33. The van der Waals surface area contributed by atoms with Crippen LogP contribution < -0.4 is 5.73 Å². The zero-order chi connectivity index (χ0) is 11.4. The minimum Gasteiger partial charge on any atom is -0.381 e. The third kappa shape index (κ3) is 2.72. The average molecular weight is 228 g/mol. The van der Waals surface area contributed by atoms with E-state index < -0.39 is 0 Å². The van der Waals surface area contributed by atoms with Gasteiger partial charge in [0, 0.05) is 19.7 Å². The molecule has 0 aromatic rings. The molecule has 92 valence electrons. The molecule has 2 saturated heterocycles. The van der Waals surface area contributed by atoms with Gasteiger partial charge in [-0.3, -0.25) is 4.79 Å². The van der Waals surface area contributed by atoms with Gasteiger partial charge in [-0.15, -0.1) is 0 Å². The molecule has 2 rings (SSSR count). The minimum absolute atomic E-state index is 0.0446. The van der Waals surface area contributed by atoms with E-state index in [0.717, 1.165) is 32.6 Å². The molecule has 2 unspecified atom stereocenters. The Balaban J connectivity index is 1.91. The summed E-state index contributed by atoms with van der Waals surface area (Å²) in [6, 6.07) is 0.0446. The standard InChI is InChI=1S/C11H20N2O3/c12-4-10-7-16-8-11(14)13(10)5-9-2-1-3-15-6-9/h9-10H,1-8,12H2. The molecule has 0 spiro atoms. The number of nitrogens with zero attached hydrogens (tertiary/aromatic N) is 1. The summed E-state index contributed by atoms with van der Waals surface area (Å²) in [5, 5.41) is 0. The van der Waals surface area contributed by atoms with E-state index in [-0.39, 0.29) is 18.6 Å². The molecular formula is C11H20N2O3. The fourth-order valence-electron chi connectivity index (χ4n) is 2.33. The van der Waals surface area contributed by atoms with Gasteiger partial charge in [-0.1, -0.05) is 0 Å². The maximum Gasteiger partial charge on any atom is 0.248 e. The predicted molar refractivity (Wildman–Crippen MR) is 58.9 cm³/mol. The molecule has 0 bridgehead atoms. The minimum atomic E-state index is 0.0446. The van der Waals surface area contributed by atoms with Crippen LogP contribution in [-0.4, -0.2) is 56.4 Å². The summed E-state index contributed by atoms with van der Waals surface area (Å²) in [7, 11) is 0. The third-order valence-corrected chi connectivity index (χ3v) is 3.28. The van der Waals surface area contributed by atoms with Gasteiger partial charge < -0.3 is 20.1 Å². The van der Waals surface area contributed by atoms with Gasteiger partial charge >= 0.3 is 0 Å². The van der Waals surface area contributed by atoms with Crippen molar-refractivity contribution in [2.75, 3.05) is 39.5 Å². The van der Waals surface area contributed by atoms with Crippen molar-refractivity contribution in [1.82, 2.24) is 4.90 Å². The summed E-state index contributed by atoms with van der Waals surface area (Å²) < 4.78 is 10.6. The molecule has 2 heterocycles. The summed E-state index contributed by atoms with van der Waals surface area (Å²) in [5.41, 5.74) is 5.66. The molecule has 1 amide bonds. The summed E-state index contributed by atoms with van der Waals surface area (Å²) >= 11 is 0. The molecule has 2 fully saturated rings. The van der Waals surface area contributed by atoms with Gasteiger partial charge in [0.05, 0.1) is 19.3 Å². The molecule has 5 heteroatoms. The SMILES string of the molecule is NCC1COCC(=O)N1CC1CCCOC1. The second-order valence-corrected chi connectivity index (χ2v) is 4.53. The Morgan fingerprint density at radius 3 is 2.94 bits per heavy atom. The zero-order valence-electron chi connectivity index (χ0n) is 9.56. The first-order chi connectivity index (χ1) is 7.81. The Bertz CT molecular complexity index is 241. The summed E-state index contributed by atoms with van der Waals surface area (Å²) in [5.74, 6) is 0.525. The highest BCUT2D eigenvalue weighted by Gasteiger charge is 2.30. The number of carbonyl (C=O) groups is 1. The molecule has 0 saturated carbocycles. The van der Waals surface area contributed by atoms with Crippen molar-refractivity contribution in [2.24, 2.45) is 11.7 Å². The van der Waals surface area contributed by atoms with Crippen LogP contribution in [0.15, 0.2) is 0 Å². The topological polar surface area (TPSA) is 64.8 Å². The Kier molecular flexibility index (Phi) is 4.15. The van der Waals surface area contributed by atoms with Crippen LogP contribution in [0.25, 0.3) is 0 Å². The van der Waals surface area contributed by atoms with E-state index in [1.807, 2.05) is 4.90 Å².